The fraction of sp³-hybridized carbons (Fsp3) is 0.588. The summed E-state index contributed by atoms with van der Waals surface area (Å²) in [6.45, 7) is 10.2. The van der Waals surface area contributed by atoms with E-state index in [0.717, 1.165) is 35.4 Å². The Kier molecular flexibility index (Phi) is 4.69. The number of imidazole rings is 1. The van der Waals surface area contributed by atoms with Crippen LogP contribution in [0.25, 0.3) is 11.0 Å². The quantitative estimate of drug-likeness (QED) is 0.886. The minimum absolute atomic E-state index is 0.364. The molecule has 0 bridgehead atoms. The molecule has 0 saturated heterocycles. The van der Waals surface area contributed by atoms with Crippen molar-refractivity contribution in [1.29, 1.82) is 0 Å². The molecule has 4 heteroatoms. The molecule has 0 amide bonds. The Balaban J connectivity index is 2.67. The second-order valence-electron chi connectivity index (χ2n) is 6.26. The minimum Gasteiger partial charge on any atom is -0.371 e. The first kappa shape index (κ1) is 16.0. The van der Waals surface area contributed by atoms with Crippen molar-refractivity contribution in [2.75, 3.05) is 7.11 Å². The number of methoxy groups -OCH3 is 1. The van der Waals surface area contributed by atoms with Gasteiger partial charge in [-0.05, 0) is 37.0 Å². The Morgan fingerprint density at radius 1 is 1.38 bits per heavy atom. The zero-order valence-electron chi connectivity index (χ0n) is 13.8. The number of hydrogen-bond donors (Lipinski definition) is 1. The Labute approximate surface area is 127 Å². The van der Waals surface area contributed by atoms with Gasteiger partial charge in [-0.3, -0.25) is 0 Å². The Morgan fingerprint density at radius 3 is 2.62 bits per heavy atom. The molecule has 0 radical (unpaired) electrons. The summed E-state index contributed by atoms with van der Waals surface area (Å²) >= 11 is 0. The third-order valence-corrected chi connectivity index (χ3v) is 4.19. The van der Waals surface area contributed by atoms with Gasteiger partial charge >= 0.3 is 0 Å². The highest BCUT2D eigenvalue weighted by Crippen LogP contribution is 2.31. The molecule has 1 aromatic heterocycles. The second kappa shape index (κ2) is 6.16. The van der Waals surface area contributed by atoms with Crippen molar-refractivity contribution < 1.29 is 4.74 Å². The molecule has 2 rings (SSSR count). The highest BCUT2D eigenvalue weighted by molar-refractivity contribution is 5.77. The molecule has 1 atom stereocenters. The molecule has 0 saturated carbocycles. The van der Waals surface area contributed by atoms with Crippen LogP contribution >= 0.6 is 0 Å². The van der Waals surface area contributed by atoms with Crippen molar-refractivity contribution in [1.82, 2.24) is 9.55 Å². The van der Waals surface area contributed by atoms with Crippen molar-refractivity contribution in [3.8, 4) is 0 Å². The zero-order chi connectivity index (χ0) is 15.6. The Hall–Kier alpha value is -1.39. The molecule has 116 valence electrons. The summed E-state index contributed by atoms with van der Waals surface area (Å²) in [6.07, 6.45) is 0.884. The van der Waals surface area contributed by atoms with E-state index in [1.165, 1.54) is 0 Å². The lowest BCUT2D eigenvalue weighted by Gasteiger charge is -2.27. The van der Waals surface area contributed by atoms with E-state index in [1.807, 2.05) is 0 Å². The van der Waals surface area contributed by atoms with Crippen molar-refractivity contribution in [3.63, 3.8) is 0 Å². The van der Waals surface area contributed by atoms with E-state index in [9.17, 15) is 0 Å². The van der Waals surface area contributed by atoms with Gasteiger partial charge < -0.3 is 15.0 Å². The van der Waals surface area contributed by atoms with Crippen molar-refractivity contribution in [2.45, 2.75) is 52.8 Å². The van der Waals surface area contributed by atoms with Gasteiger partial charge in [0.05, 0.1) is 11.0 Å². The number of nitrogens with zero attached hydrogens (tertiary/aromatic N) is 2. The summed E-state index contributed by atoms with van der Waals surface area (Å²) in [5.74, 6) is 1.55. The summed E-state index contributed by atoms with van der Waals surface area (Å²) in [5, 5.41) is 0. The van der Waals surface area contributed by atoms with Crippen molar-refractivity contribution in [3.05, 3.63) is 29.6 Å². The summed E-state index contributed by atoms with van der Waals surface area (Å²) in [5.41, 5.74) is 8.66. The first-order chi connectivity index (χ1) is 9.95. The maximum absolute atomic E-state index is 5.77. The highest BCUT2D eigenvalue weighted by Gasteiger charge is 2.30. The van der Waals surface area contributed by atoms with Crippen molar-refractivity contribution >= 4 is 11.0 Å². The average molecular weight is 289 g/mol. The molecule has 21 heavy (non-hydrogen) atoms. The number of benzene rings is 1. The number of ether oxygens (including phenoxy) is 1. The maximum atomic E-state index is 5.77. The Bertz CT molecular complexity index is 612. The lowest BCUT2D eigenvalue weighted by Crippen LogP contribution is -2.28. The summed E-state index contributed by atoms with van der Waals surface area (Å²) in [4.78, 5) is 4.87. The van der Waals surface area contributed by atoms with E-state index in [0.29, 0.717) is 12.5 Å². The molecule has 0 spiro atoms. The molecule has 0 aliphatic carbocycles. The number of rotatable bonds is 6. The molecule has 2 N–H and O–H groups in total. The van der Waals surface area contributed by atoms with Crippen LogP contribution in [0.1, 0.15) is 45.5 Å². The number of hydrogen-bond acceptors (Lipinski definition) is 3. The van der Waals surface area contributed by atoms with E-state index in [4.69, 9.17) is 15.5 Å². The zero-order valence-corrected chi connectivity index (χ0v) is 13.8. The standard InChI is InChI=1S/C17H27N3O/c1-6-17(4,21-5)16-19-14-9-13(10-18)7-8-15(14)20(16)11-12(2)3/h7-9,12H,6,10-11,18H2,1-5H3. The second-order valence-corrected chi connectivity index (χ2v) is 6.26. The molecule has 1 aromatic carbocycles. The molecule has 2 aromatic rings. The maximum Gasteiger partial charge on any atom is 0.141 e. The first-order valence-corrected chi connectivity index (χ1v) is 7.70. The number of aromatic nitrogens is 2. The minimum atomic E-state index is -0.364. The monoisotopic (exact) mass is 289 g/mol. The Morgan fingerprint density at radius 2 is 2.10 bits per heavy atom. The van der Waals surface area contributed by atoms with E-state index >= 15 is 0 Å². The molecule has 0 aliphatic rings. The third-order valence-electron chi connectivity index (χ3n) is 4.19. The van der Waals surface area contributed by atoms with Gasteiger partial charge in [0, 0.05) is 20.2 Å². The SMILES string of the molecule is CCC(C)(OC)c1nc2cc(CN)ccc2n1CC(C)C. The van der Waals surface area contributed by atoms with Gasteiger partial charge in [-0.25, -0.2) is 4.98 Å². The largest absolute Gasteiger partial charge is 0.371 e. The summed E-state index contributed by atoms with van der Waals surface area (Å²) < 4.78 is 8.07. The average Bonchev–Trinajstić information content (AvgIpc) is 2.84. The molecular weight excluding hydrogens is 262 g/mol. The van der Waals surface area contributed by atoms with Gasteiger partial charge in [0.15, 0.2) is 0 Å². The first-order valence-electron chi connectivity index (χ1n) is 7.70. The van der Waals surface area contributed by atoms with E-state index in [1.54, 1.807) is 7.11 Å². The third kappa shape index (κ3) is 2.97. The van der Waals surface area contributed by atoms with Gasteiger partial charge in [-0.15, -0.1) is 0 Å². The molecular formula is C17H27N3O. The van der Waals surface area contributed by atoms with Crippen molar-refractivity contribution in [2.24, 2.45) is 11.7 Å². The van der Waals surface area contributed by atoms with Crippen LogP contribution in [0.3, 0.4) is 0 Å². The van der Waals surface area contributed by atoms with Gasteiger partial charge in [-0.1, -0.05) is 26.8 Å². The summed E-state index contributed by atoms with van der Waals surface area (Å²) in [6, 6.07) is 6.30. The van der Waals surface area contributed by atoms with Crippen LogP contribution in [-0.4, -0.2) is 16.7 Å². The van der Waals surface area contributed by atoms with Crippen LogP contribution in [0.5, 0.6) is 0 Å². The van der Waals surface area contributed by atoms with E-state index in [-0.39, 0.29) is 5.60 Å². The van der Waals surface area contributed by atoms with Gasteiger partial charge in [-0.2, -0.15) is 0 Å². The molecule has 1 unspecified atom stereocenters. The van der Waals surface area contributed by atoms with E-state index < -0.39 is 0 Å². The van der Waals surface area contributed by atoms with Crippen LogP contribution in [0.15, 0.2) is 18.2 Å². The predicted molar refractivity (Wildman–Crippen MR) is 87.1 cm³/mol. The van der Waals surface area contributed by atoms with Crippen LogP contribution < -0.4 is 5.73 Å². The smallest absolute Gasteiger partial charge is 0.141 e. The molecule has 0 aliphatic heterocycles. The lowest BCUT2D eigenvalue weighted by molar-refractivity contribution is -0.0117. The number of nitrogens with two attached hydrogens (primary N) is 1. The summed E-state index contributed by atoms with van der Waals surface area (Å²) in [7, 11) is 1.76. The molecule has 0 fully saturated rings. The van der Waals surface area contributed by atoms with Gasteiger partial charge in [0.2, 0.25) is 0 Å². The van der Waals surface area contributed by atoms with Gasteiger partial charge in [0.1, 0.15) is 11.4 Å². The normalized spacial score (nSPS) is 14.8. The van der Waals surface area contributed by atoms with Crippen LogP contribution in [0, 0.1) is 5.92 Å². The fourth-order valence-corrected chi connectivity index (χ4v) is 2.65. The van der Waals surface area contributed by atoms with E-state index in [2.05, 4.69) is 50.5 Å². The van der Waals surface area contributed by atoms with Crippen LogP contribution in [-0.2, 0) is 23.4 Å². The molecule has 4 nitrogen and oxygen atoms in total. The van der Waals surface area contributed by atoms with Crippen LogP contribution in [0.4, 0.5) is 0 Å². The lowest BCUT2D eigenvalue weighted by atomic mass is 10.0. The number of fused-ring (bicyclic) bond motifs is 1. The van der Waals surface area contributed by atoms with Gasteiger partial charge in [0.25, 0.3) is 0 Å². The predicted octanol–water partition coefficient (Wildman–Crippen LogP) is 3.42. The highest BCUT2D eigenvalue weighted by atomic mass is 16.5. The topological polar surface area (TPSA) is 53.1 Å². The van der Waals surface area contributed by atoms with Crippen LogP contribution in [0.2, 0.25) is 0 Å². The fourth-order valence-electron chi connectivity index (χ4n) is 2.65. The molecule has 1 heterocycles.